The molecule has 1 aliphatic rings. The number of nitrogens with zero attached hydrogens (tertiary/aromatic N) is 4. The first-order valence-electron chi connectivity index (χ1n) is 10.0. The number of rotatable bonds is 5. The lowest BCUT2D eigenvalue weighted by Gasteiger charge is -2.29. The summed E-state index contributed by atoms with van der Waals surface area (Å²) < 4.78 is 0. The third kappa shape index (κ3) is 3.47. The van der Waals surface area contributed by atoms with Crippen molar-refractivity contribution in [2.24, 2.45) is 0 Å². The van der Waals surface area contributed by atoms with Gasteiger partial charge in [0.1, 0.15) is 5.82 Å². The third-order valence-corrected chi connectivity index (χ3v) is 5.93. The Balaban J connectivity index is 1.69. The first kappa shape index (κ1) is 19.4. The molecule has 0 N–H and O–H groups in total. The second-order valence-corrected chi connectivity index (χ2v) is 8.04. The quantitative estimate of drug-likeness (QED) is 0.454. The Morgan fingerprint density at radius 1 is 0.806 bits per heavy atom. The van der Waals surface area contributed by atoms with Gasteiger partial charge >= 0.3 is 0 Å². The average Bonchev–Trinajstić information content (AvgIpc) is 3.04. The summed E-state index contributed by atoms with van der Waals surface area (Å²) in [6, 6.07) is 20.9. The highest BCUT2D eigenvalue weighted by Crippen LogP contribution is 2.47. The molecule has 31 heavy (non-hydrogen) atoms. The summed E-state index contributed by atoms with van der Waals surface area (Å²) in [6.07, 6.45) is 7.98. The smallest absolute Gasteiger partial charge is 0.244 e. The first-order chi connectivity index (χ1) is 15.2. The van der Waals surface area contributed by atoms with Gasteiger partial charge in [-0.15, -0.1) is 0 Å². The molecule has 1 aromatic carbocycles. The molecule has 3 aromatic heterocycles. The molecule has 1 unspecified atom stereocenters. The summed E-state index contributed by atoms with van der Waals surface area (Å²) >= 11 is 6.09. The minimum absolute atomic E-state index is 0.0222. The van der Waals surface area contributed by atoms with Gasteiger partial charge in [-0.1, -0.05) is 23.7 Å². The molecule has 0 bridgehead atoms. The minimum atomic E-state index is -0.834. The van der Waals surface area contributed by atoms with Crippen LogP contribution in [0.3, 0.4) is 0 Å². The van der Waals surface area contributed by atoms with Gasteiger partial charge in [-0.2, -0.15) is 0 Å². The molecule has 6 heteroatoms. The molecule has 152 valence electrons. The van der Waals surface area contributed by atoms with Crippen LogP contribution in [0.1, 0.15) is 16.8 Å². The van der Waals surface area contributed by atoms with E-state index in [1.54, 1.807) is 41.8 Å². The van der Waals surface area contributed by atoms with Crippen LogP contribution < -0.4 is 4.90 Å². The van der Waals surface area contributed by atoms with Crippen molar-refractivity contribution in [3.8, 4) is 0 Å². The normalized spacial score (nSPS) is 17.6. The molecule has 5 nitrogen and oxygen atoms in total. The zero-order chi connectivity index (χ0) is 21.3. The zero-order valence-electron chi connectivity index (χ0n) is 16.6. The van der Waals surface area contributed by atoms with E-state index in [4.69, 9.17) is 11.6 Å². The molecular formula is C25H19ClN4O. The van der Waals surface area contributed by atoms with Crippen molar-refractivity contribution in [3.63, 3.8) is 0 Å². The Morgan fingerprint density at radius 3 is 2.32 bits per heavy atom. The van der Waals surface area contributed by atoms with Crippen LogP contribution in [0.2, 0.25) is 5.02 Å². The molecular weight excluding hydrogens is 408 g/mol. The van der Waals surface area contributed by atoms with Gasteiger partial charge in [0.25, 0.3) is 0 Å². The number of carbonyl (C=O) groups excluding carboxylic acids is 1. The largest absolute Gasteiger partial charge is 0.273 e. The number of halogens is 1. The van der Waals surface area contributed by atoms with Crippen molar-refractivity contribution in [2.75, 3.05) is 4.90 Å². The lowest BCUT2D eigenvalue weighted by Crippen LogP contribution is -2.42. The first-order valence-corrected chi connectivity index (χ1v) is 10.4. The molecule has 0 radical (unpaired) electrons. The Morgan fingerprint density at radius 2 is 1.58 bits per heavy atom. The van der Waals surface area contributed by atoms with Crippen LogP contribution in [0, 0.1) is 0 Å². The van der Waals surface area contributed by atoms with Gasteiger partial charge < -0.3 is 0 Å². The lowest BCUT2D eigenvalue weighted by atomic mass is 9.73. The summed E-state index contributed by atoms with van der Waals surface area (Å²) in [5.74, 6) is 0.630. The molecule has 5 rings (SSSR count). The standard InChI is InChI=1S/C25H19ClN4O/c26-19-6-8-21(9-7-19)30-23-22(5-3-13-29-23)25(24(30)31,16-18-10-14-27-15-11-18)17-20-4-1-2-12-28-20/h1-15H,16-17H2. The third-order valence-electron chi connectivity index (χ3n) is 5.68. The summed E-state index contributed by atoms with van der Waals surface area (Å²) in [5, 5.41) is 0.619. The van der Waals surface area contributed by atoms with Crippen molar-refractivity contribution in [1.82, 2.24) is 15.0 Å². The molecule has 0 saturated heterocycles. The second-order valence-electron chi connectivity index (χ2n) is 7.60. The van der Waals surface area contributed by atoms with E-state index in [-0.39, 0.29) is 5.91 Å². The number of fused-ring (bicyclic) bond motifs is 1. The number of hydrogen-bond donors (Lipinski definition) is 0. The SMILES string of the molecule is O=C1N(c2ccc(Cl)cc2)c2ncccc2C1(Cc1ccncc1)Cc1ccccn1. The van der Waals surface area contributed by atoms with Gasteiger partial charge in [-0.05, 0) is 66.6 Å². The van der Waals surface area contributed by atoms with E-state index in [0.29, 0.717) is 23.7 Å². The van der Waals surface area contributed by atoms with Crippen LogP contribution in [-0.2, 0) is 23.1 Å². The maximum absolute atomic E-state index is 14.2. The predicted molar refractivity (Wildman–Crippen MR) is 120 cm³/mol. The fourth-order valence-corrected chi connectivity index (χ4v) is 4.39. The zero-order valence-corrected chi connectivity index (χ0v) is 17.4. The number of hydrogen-bond acceptors (Lipinski definition) is 4. The molecule has 4 aromatic rings. The Labute approximate surface area is 185 Å². The van der Waals surface area contributed by atoms with Crippen LogP contribution in [0.4, 0.5) is 11.5 Å². The van der Waals surface area contributed by atoms with Crippen LogP contribution in [-0.4, -0.2) is 20.9 Å². The fraction of sp³-hybridized carbons (Fsp3) is 0.120. The summed E-state index contributed by atoms with van der Waals surface area (Å²) in [7, 11) is 0. The summed E-state index contributed by atoms with van der Waals surface area (Å²) in [4.78, 5) is 29.2. The summed E-state index contributed by atoms with van der Waals surface area (Å²) in [5.41, 5.74) is 2.70. The van der Waals surface area contributed by atoms with Gasteiger partial charge in [0.05, 0.1) is 11.1 Å². The average molecular weight is 427 g/mol. The van der Waals surface area contributed by atoms with Crippen molar-refractivity contribution >= 4 is 29.0 Å². The lowest BCUT2D eigenvalue weighted by molar-refractivity contribution is -0.122. The highest BCUT2D eigenvalue weighted by molar-refractivity contribution is 6.30. The Bertz CT molecular complexity index is 1170. The van der Waals surface area contributed by atoms with E-state index in [0.717, 1.165) is 22.5 Å². The minimum Gasteiger partial charge on any atom is -0.273 e. The van der Waals surface area contributed by atoms with Crippen LogP contribution in [0.25, 0.3) is 0 Å². The van der Waals surface area contributed by atoms with Gasteiger partial charge in [-0.3, -0.25) is 19.7 Å². The maximum Gasteiger partial charge on any atom is 0.244 e. The van der Waals surface area contributed by atoms with E-state index >= 15 is 0 Å². The van der Waals surface area contributed by atoms with E-state index in [9.17, 15) is 4.79 Å². The van der Waals surface area contributed by atoms with E-state index in [2.05, 4.69) is 15.0 Å². The number of aromatic nitrogens is 3. The molecule has 1 aliphatic heterocycles. The highest BCUT2D eigenvalue weighted by atomic mass is 35.5. The molecule has 0 aliphatic carbocycles. The fourth-order valence-electron chi connectivity index (χ4n) is 4.27. The monoisotopic (exact) mass is 426 g/mol. The number of anilines is 2. The summed E-state index contributed by atoms with van der Waals surface area (Å²) in [6.45, 7) is 0. The molecule has 0 saturated carbocycles. The van der Waals surface area contributed by atoms with Crippen LogP contribution in [0.15, 0.2) is 91.5 Å². The number of carbonyl (C=O) groups is 1. The number of benzene rings is 1. The Hall–Kier alpha value is -3.57. The topological polar surface area (TPSA) is 59.0 Å². The molecule has 0 fully saturated rings. The van der Waals surface area contributed by atoms with Gasteiger partial charge in [0.15, 0.2) is 0 Å². The highest BCUT2D eigenvalue weighted by Gasteiger charge is 2.52. The van der Waals surface area contributed by atoms with Gasteiger partial charge in [0, 0.05) is 47.5 Å². The van der Waals surface area contributed by atoms with Crippen molar-refractivity contribution in [2.45, 2.75) is 18.3 Å². The van der Waals surface area contributed by atoms with Gasteiger partial charge in [-0.25, -0.2) is 4.98 Å². The molecule has 4 heterocycles. The van der Waals surface area contributed by atoms with Crippen molar-refractivity contribution in [1.29, 1.82) is 0 Å². The van der Waals surface area contributed by atoms with E-state index in [1.165, 1.54) is 0 Å². The maximum atomic E-state index is 14.2. The molecule has 1 amide bonds. The van der Waals surface area contributed by atoms with E-state index < -0.39 is 5.41 Å². The Kier molecular flexibility index (Phi) is 4.96. The predicted octanol–water partition coefficient (Wildman–Crippen LogP) is 4.93. The van der Waals surface area contributed by atoms with Gasteiger partial charge in [0.2, 0.25) is 5.91 Å². The van der Waals surface area contributed by atoms with Crippen LogP contribution >= 0.6 is 11.6 Å². The number of amides is 1. The van der Waals surface area contributed by atoms with Crippen molar-refractivity contribution in [3.05, 3.63) is 113 Å². The second kappa shape index (κ2) is 7.93. The number of pyridine rings is 3. The van der Waals surface area contributed by atoms with E-state index in [1.807, 2.05) is 54.6 Å². The molecule has 0 spiro atoms. The molecule has 1 atom stereocenters. The van der Waals surface area contributed by atoms with Crippen LogP contribution in [0.5, 0.6) is 0 Å². The van der Waals surface area contributed by atoms with Crippen molar-refractivity contribution < 1.29 is 4.79 Å².